The van der Waals surface area contributed by atoms with Crippen LogP contribution in [0.4, 0.5) is 0 Å². The Morgan fingerprint density at radius 2 is 1.37 bits per heavy atom. The Kier molecular flexibility index (Phi) is 4.29. The van der Waals surface area contributed by atoms with E-state index in [2.05, 4.69) is 123 Å². The highest BCUT2D eigenvalue weighted by atomic mass is 32.1. The van der Waals surface area contributed by atoms with Crippen molar-refractivity contribution >= 4 is 71.9 Å². The van der Waals surface area contributed by atoms with Gasteiger partial charge in [-0.05, 0) is 83.6 Å². The van der Waals surface area contributed by atoms with Crippen LogP contribution in [0.2, 0.25) is 13.1 Å². The number of nitrogens with zero attached hydrogens (tertiary/aromatic N) is 2. The number of aromatic nitrogens is 2. The van der Waals surface area contributed by atoms with Crippen LogP contribution in [0.3, 0.4) is 0 Å². The summed E-state index contributed by atoms with van der Waals surface area (Å²) < 4.78 is 7.77. The molecule has 0 spiro atoms. The Hall–Kier alpha value is -3.60. The normalized spacial score (nSPS) is 14.3. The summed E-state index contributed by atoms with van der Waals surface area (Å²) in [6.45, 7) is 11.7. The molecule has 38 heavy (non-hydrogen) atoms. The Morgan fingerprint density at radius 1 is 0.684 bits per heavy atom. The zero-order chi connectivity index (χ0) is 26.1. The smallest absolute Gasteiger partial charge is 0.116 e. The lowest BCUT2D eigenvalue weighted by Gasteiger charge is -2.19. The second kappa shape index (κ2) is 7.28. The SMILES string of the molecule is Cc1ccc(-n2c3cc4c(cc3c3sc5cc(C)ccc5c32)[Si](C)(C)c2c-4n(C)c3cc(C)ccc23)cc1. The monoisotopic (exact) mass is 526 g/mol. The molecule has 3 aromatic heterocycles. The predicted octanol–water partition coefficient (Wildman–Crippen LogP) is 8.22. The van der Waals surface area contributed by atoms with Crippen molar-refractivity contribution in [1.29, 1.82) is 0 Å². The lowest BCUT2D eigenvalue weighted by Crippen LogP contribution is -2.49. The van der Waals surface area contributed by atoms with Crippen molar-refractivity contribution in [2.24, 2.45) is 7.05 Å². The topological polar surface area (TPSA) is 9.86 Å². The van der Waals surface area contributed by atoms with E-state index in [0.29, 0.717) is 0 Å². The van der Waals surface area contributed by atoms with Crippen LogP contribution in [0.25, 0.3) is 59.1 Å². The van der Waals surface area contributed by atoms with Crippen LogP contribution in [-0.2, 0) is 7.05 Å². The van der Waals surface area contributed by atoms with Crippen molar-refractivity contribution in [2.75, 3.05) is 0 Å². The molecule has 0 aliphatic carbocycles. The fourth-order valence-electron chi connectivity index (χ4n) is 6.97. The Balaban J connectivity index is 1.55. The summed E-state index contributed by atoms with van der Waals surface area (Å²) in [7, 11) is 0.364. The molecule has 186 valence electrons. The molecule has 1 aliphatic rings. The van der Waals surface area contributed by atoms with Crippen molar-refractivity contribution in [3.05, 3.63) is 89.5 Å². The van der Waals surface area contributed by atoms with Gasteiger partial charge in [0.1, 0.15) is 8.07 Å². The second-order valence-corrected chi connectivity index (χ2v) is 17.1. The zero-order valence-electron chi connectivity index (χ0n) is 22.7. The van der Waals surface area contributed by atoms with Crippen LogP contribution in [0.1, 0.15) is 16.7 Å². The average molecular weight is 527 g/mol. The van der Waals surface area contributed by atoms with Gasteiger partial charge in [0.2, 0.25) is 0 Å². The summed E-state index contributed by atoms with van der Waals surface area (Å²) in [5.74, 6) is 0. The van der Waals surface area contributed by atoms with E-state index >= 15 is 0 Å². The van der Waals surface area contributed by atoms with Gasteiger partial charge >= 0.3 is 0 Å². The number of thiophene rings is 1. The summed E-state index contributed by atoms with van der Waals surface area (Å²) >= 11 is 1.95. The lowest BCUT2D eigenvalue weighted by molar-refractivity contribution is 0.982. The molecule has 4 aromatic carbocycles. The van der Waals surface area contributed by atoms with Gasteiger partial charge in [-0.15, -0.1) is 11.3 Å². The maximum Gasteiger partial charge on any atom is 0.116 e. The first-order chi connectivity index (χ1) is 18.2. The molecule has 4 heteroatoms. The van der Waals surface area contributed by atoms with Crippen molar-refractivity contribution in [2.45, 2.75) is 33.9 Å². The van der Waals surface area contributed by atoms with E-state index in [-0.39, 0.29) is 0 Å². The molecule has 8 rings (SSSR count). The van der Waals surface area contributed by atoms with E-state index < -0.39 is 8.07 Å². The van der Waals surface area contributed by atoms with E-state index in [1.54, 1.807) is 10.4 Å². The third kappa shape index (κ3) is 2.72. The summed E-state index contributed by atoms with van der Waals surface area (Å²) in [6.07, 6.45) is 0. The predicted molar refractivity (Wildman–Crippen MR) is 169 cm³/mol. The van der Waals surface area contributed by atoms with Crippen molar-refractivity contribution < 1.29 is 0 Å². The first kappa shape index (κ1) is 22.4. The molecule has 7 aromatic rings. The van der Waals surface area contributed by atoms with Gasteiger partial charge in [-0.3, -0.25) is 0 Å². The maximum atomic E-state index is 2.58. The molecular weight excluding hydrogens is 497 g/mol. The van der Waals surface area contributed by atoms with E-state index in [1.807, 2.05) is 11.3 Å². The number of aryl methyl sites for hydroxylation is 4. The van der Waals surface area contributed by atoms with Gasteiger partial charge in [0, 0.05) is 39.4 Å². The summed E-state index contributed by atoms with van der Waals surface area (Å²) in [5.41, 5.74) is 12.0. The van der Waals surface area contributed by atoms with Crippen LogP contribution < -0.4 is 10.4 Å². The van der Waals surface area contributed by atoms with Crippen LogP contribution in [-0.4, -0.2) is 17.2 Å². The molecule has 0 N–H and O–H groups in total. The van der Waals surface area contributed by atoms with Crippen molar-refractivity contribution in [1.82, 2.24) is 9.13 Å². The summed E-state index contributed by atoms with van der Waals surface area (Å²) in [6, 6.07) is 28.1. The minimum atomic E-state index is -1.90. The van der Waals surface area contributed by atoms with Gasteiger partial charge in [0.25, 0.3) is 0 Å². The summed E-state index contributed by atoms with van der Waals surface area (Å²) in [4.78, 5) is 0. The molecular formula is C34H30N2SSi. The van der Waals surface area contributed by atoms with Crippen LogP contribution in [0.5, 0.6) is 0 Å². The van der Waals surface area contributed by atoms with Gasteiger partial charge < -0.3 is 9.13 Å². The van der Waals surface area contributed by atoms with Crippen LogP contribution >= 0.6 is 11.3 Å². The maximum absolute atomic E-state index is 2.58. The Morgan fingerprint density at radius 3 is 2.13 bits per heavy atom. The number of hydrogen-bond acceptors (Lipinski definition) is 1. The Bertz CT molecular complexity index is 2130. The molecule has 0 unspecified atom stereocenters. The number of fused-ring (bicyclic) bond motifs is 10. The van der Waals surface area contributed by atoms with Crippen LogP contribution in [0.15, 0.2) is 72.8 Å². The van der Waals surface area contributed by atoms with E-state index in [0.717, 1.165) is 0 Å². The molecule has 0 amide bonds. The molecule has 0 radical (unpaired) electrons. The molecule has 2 nitrogen and oxygen atoms in total. The van der Waals surface area contributed by atoms with Crippen LogP contribution in [0, 0.1) is 20.8 Å². The highest BCUT2D eigenvalue weighted by Gasteiger charge is 2.42. The molecule has 0 fully saturated rings. The second-order valence-electron chi connectivity index (χ2n) is 11.8. The molecule has 0 saturated heterocycles. The van der Waals surface area contributed by atoms with E-state index in [4.69, 9.17) is 0 Å². The molecule has 0 bridgehead atoms. The molecule has 0 atom stereocenters. The highest BCUT2D eigenvalue weighted by Crippen LogP contribution is 2.45. The fraction of sp³-hybridized carbons (Fsp3) is 0.176. The summed E-state index contributed by atoms with van der Waals surface area (Å²) in [5, 5.41) is 7.36. The lowest BCUT2D eigenvalue weighted by atomic mass is 10.1. The number of rotatable bonds is 1. The fourth-order valence-corrected chi connectivity index (χ4v) is 11.7. The van der Waals surface area contributed by atoms with Crippen molar-refractivity contribution in [3.8, 4) is 16.9 Å². The van der Waals surface area contributed by atoms with Crippen molar-refractivity contribution in [3.63, 3.8) is 0 Å². The van der Waals surface area contributed by atoms with Gasteiger partial charge in [-0.25, -0.2) is 0 Å². The first-order valence-corrected chi connectivity index (χ1v) is 17.2. The quantitative estimate of drug-likeness (QED) is 0.191. The minimum absolute atomic E-state index is 1.23. The molecule has 1 aliphatic heterocycles. The number of benzene rings is 4. The molecule has 4 heterocycles. The van der Waals surface area contributed by atoms with Gasteiger partial charge in [0.15, 0.2) is 0 Å². The minimum Gasteiger partial charge on any atom is -0.344 e. The highest BCUT2D eigenvalue weighted by molar-refractivity contribution is 7.26. The molecule has 0 saturated carbocycles. The Labute approximate surface area is 227 Å². The third-order valence-electron chi connectivity index (χ3n) is 8.87. The zero-order valence-corrected chi connectivity index (χ0v) is 24.5. The van der Waals surface area contributed by atoms with Gasteiger partial charge in [0.05, 0.1) is 15.7 Å². The van der Waals surface area contributed by atoms with E-state index in [1.165, 1.54) is 75.7 Å². The van der Waals surface area contributed by atoms with Gasteiger partial charge in [-0.1, -0.05) is 61.1 Å². The van der Waals surface area contributed by atoms with Gasteiger partial charge in [-0.2, -0.15) is 0 Å². The third-order valence-corrected chi connectivity index (χ3v) is 13.6. The standard InChI is InChI=1S/C34H30N2SSi/c1-19-7-11-22(12-8-19)36-28-17-26-30(18-25(28)33-31(36)24-14-10-21(3)16-29(24)37-33)38(5,6)34-23-13-9-20(2)15-27(23)35(4)32(26)34/h7-18H,1-6H3. The number of hydrogen-bond donors (Lipinski definition) is 0. The average Bonchev–Trinajstić information content (AvgIpc) is 3.55. The first-order valence-electron chi connectivity index (χ1n) is 13.4. The van der Waals surface area contributed by atoms with E-state index in [9.17, 15) is 0 Å². The largest absolute Gasteiger partial charge is 0.344 e.